The third-order valence-electron chi connectivity index (χ3n) is 5.23. The first-order valence-corrected chi connectivity index (χ1v) is 11.6. The highest BCUT2D eigenvalue weighted by molar-refractivity contribution is 7.89. The molecule has 0 spiro atoms. The predicted octanol–water partition coefficient (Wildman–Crippen LogP) is 3.88. The minimum atomic E-state index is -3.56. The summed E-state index contributed by atoms with van der Waals surface area (Å²) in [6.07, 6.45) is 1.77. The van der Waals surface area contributed by atoms with Crippen molar-refractivity contribution in [2.45, 2.75) is 43.5 Å². The molecule has 29 heavy (non-hydrogen) atoms. The Labute approximate surface area is 178 Å². The van der Waals surface area contributed by atoms with Crippen molar-refractivity contribution in [3.8, 4) is 0 Å². The molecule has 0 atom stereocenters. The van der Waals surface area contributed by atoms with Crippen molar-refractivity contribution in [2.24, 2.45) is 5.92 Å². The summed E-state index contributed by atoms with van der Waals surface area (Å²) in [5.41, 5.74) is 0.798. The van der Waals surface area contributed by atoms with Crippen molar-refractivity contribution < 1.29 is 13.2 Å². The number of sulfonamides is 1. The van der Waals surface area contributed by atoms with Gasteiger partial charge in [-0.3, -0.25) is 4.79 Å². The van der Waals surface area contributed by atoms with Crippen molar-refractivity contribution in [1.82, 2.24) is 9.62 Å². The summed E-state index contributed by atoms with van der Waals surface area (Å²) < 4.78 is 27.0. The van der Waals surface area contributed by atoms with Crippen molar-refractivity contribution >= 4 is 27.5 Å². The molecule has 0 aromatic heterocycles. The third-order valence-corrected chi connectivity index (χ3v) is 7.39. The van der Waals surface area contributed by atoms with Crippen LogP contribution in [0.25, 0.3) is 0 Å². The SMILES string of the molecule is CC(C)(Cc1ccccc1)NC(=O)C1CCN(S(=O)(=O)c2ccc(Cl)cc2)CC1. The van der Waals surface area contributed by atoms with Crippen LogP contribution in [0.5, 0.6) is 0 Å². The zero-order chi connectivity index (χ0) is 21.1. The topological polar surface area (TPSA) is 66.5 Å². The van der Waals surface area contributed by atoms with E-state index in [0.717, 1.165) is 6.42 Å². The van der Waals surface area contributed by atoms with Crippen LogP contribution in [0.4, 0.5) is 0 Å². The molecule has 1 aliphatic heterocycles. The second-order valence-corrected chi connectivity index (χ2v) is 10.5. The number of halogens is 1. The number of benzene rings is 2. The minimum Gasteiger partial charge on any atom is -0.351 e. The highest BCUT2D eigenvalue weighted by atomic mass is 35.5. The number of amides is 1. The van der Waals surface area contributed by atoms with Crippen molar-refractivity contribution in [2.75, 3.05) is 13.1 Å². The summed E-state index contributed by atoms with van der Waals surface area (Å²) in [7, 11) is -3.56. The molecule has 1 amide bonds. The average Bonchev–Trinajstić information content (AvgIpc) is 2.68. The average molecular weight is 435 g/mol. The number of piperidine rings is 1. The summed E-state index contributed by atoms with van der Waals surface area (Å²) in [4.78, 5) is 13.0. The van der Waals surface area contributed by atoms with Crippen molar-refractivity contribution in [3.63, 3.8) is 0 Å². The molecule has 0 bridgehead atoms. The van der Waals surface area contributed by atoms with E-state index in [9.17, 15) is 13.2 Å². The number of hydrogen-bond donors (Lipinski definition) is 1. The number of carbonyl (C=O) groups excluding carboxylic acids is 1. The molecule has 1 N–H and O–H groups in total. The van der Waals surface area contributed by atoms with Crippen LogP contribution in [0, 0.1) is 5.92 Å². The molecule has 1 heterocycles. The zero-order valence-corrected chi connectivity index (χ0v) is 18.3. The van der Waals surface area contributed by atoms with Gasteiger partial charge in [0.05, 0.1) is 4.90 Å². The first-order valence-electron chi connectivity index (χ1n) is 9.79. The predicted molar refractivity (Wildman–Crippen MR) is 115 cm³/mol. The van der Waals surface area contributed by atoms with Crippen LogP contribution in [0.2, 0.25) is 5.02 Å². The van der Waals surface area contributed by atoms with E-state index in [2.05, 4.69) is 5.32 Å². The van der Waals surface area contributed by atoms with Gasteiger partial charge in [-0.1, -0.05) is 41.9 Å². The molecule has 0 saturated carbocycles. The van der Waals surface area contributed by atoms with Gasteiger partial charge in [0.25, 0.3) is 0 Å². The summed E-state index contributed by atoms with van der Waals surface area (Å²) in [5.74, 6) is -0.184. The molecule has 0 aliphatic carbocycles. The Kier molecular flexibility index (Phi) is 6.66. The van der Waals surface area contributed by atoms with Crippen molar-refractivity contribution in [1.29, 1.82) is 0 Å². The van der Waals surface area contributed by atoms with E-state index in [4.69, 9.17) is 11.6 Å². The third kappa shape index (κ3) is 5.59. The fourth-order valence-electron chi connectivity index (χ4n) is 3.70. The Balaban J connectivity index is 1.57. The first kappa shape index (κ1) is 21.8. The van der Waals surface area contributed by atoms with E-state index in [0.29, 0.717) is 31.0 Å². The Bertz CT molecular complexity index is 936. The molecule has 156 valence electrons. The Hall–Kier alpha value is -1.89. The quantitative estimate of drug-likeness (QED) is 0.750. The summed E-state index contributed by atoms with van der Waals surface area (Å²) in [6, 6.07) is 16.2. The maximum absolute atomic E-state index is 12.8. The van der Waals surface area contributed by atoms with E-state index in [-0.39, 0.29) is 22.3 Å². The maximum atomic E-state index is 12.8. The number of carbonyl (C=O) groups is 1. The molecule has 1 fully saturated rings. The summed E-state index contributed by atoms with van der Waals surface area (Å²) in [5, 5.41) is 3.64. The van der Waals surface area contributed by atoms with Crippen LogP contribution >= 0.6 is 11.6 Å². The van der Waals surface area contributed by atoms with E-state index < -0.39 is 10.0 Å². The number of nitrogens with one attached hydrogen (secondary N) is 1. The van der Waals surface area contributed by atoms with E-state index in [1.807, 2.05) is 44.2 Å². The lowest BCUT2D eigenvalue weighted by molar-refractivity contribution is -0.127. The fourth-order valence-corrected chi connectivity index (χ4v) is 5.30. The molecule has 0 radical (unpaired) electrons. The lowest BCUT2D eigenvalue weighted by atomic mass is 9.91. The monoisotopic (exact) mass is 434 g/mol. The fraction of sp³-hybridized carbons (Fsp3) is 0.409. The van der Waals surface area contributed by atoms with Gasteiger partial charge in [0.1, 0.15) is 0 Å². The molecular formula is C22H27ClN2O3S. The molecule has 0 unspecified atom stereocenters. The van der Waals surface area contributed by atoms with E-state index in [1.165, 1.54) is 22.0 Å². The zero-order valence-electron chi connectivity index (χ0n) is 16.8. The van der Waals surface area contributed by atoms with Gasteiger partial charge in [-0.25, -0.2) is 8.42 Å². The second-order valence-electron chi connectivity index (χ2n) is 8.17. The molecular weight excluding hydrogens is 408 g/mol. The van der Waals surface area contributed by atoms with Gasteiger partial charge in [0.15, 0.2) is 0 Å². The van der Waals surface area contributed by atoms with Gasteiger partial charge >= 0.3 is 0 Å². The number of rotatable bonds is 6. The highest BCUT2D eigenvalue weighted by Crippen LogP contribution is 2.25. The van der Waals surface area contributed by atoms with E-state index in [1.54, 1.807) is 12.1 Å². The molecule has 1 saturated heterocycles. The molecule has 7 heteroatoms. The van der Waals surface area contributed by atoms with Gasteiger partial charge in [-0.05, 0) is 62.9 Å². The molecule has 3 rings (SSSR count). The second kappa shape index (κ2) is 8.86. The van der Waals surface area contributed by atoms with Gasteiger partial charge in [0, 0.05) is 29.6 Å². The number of nitrogens with zero attached hydrogens (tertiary/aromatic N) is 1. The molecule has 2 aromatic rings. The summed E-state index contributed by atoms with van der Waals surface area (Å²) >= 11 is 5.85. The lowest BCUT2D eigenvalue weighted by Gasteiger charge is -2.33. The first-order chi connectivity index (χ1) is 13.7. The molecule has 1 aliphatic rings. The van der Waals surface area contributed by atoms with Crippen LogP contribution in [-0.4, -0.2) is 37.3 Å². The normalized spacial score (nSPS) is 16.5. The lowest BCUT2D eigenvalue weighted by Crippen LogP contribution is -2.50. The van der Waals surface area contributed by atoms with Crippen LogP contribution in [0.3, 0.4) is 0 Å². The van der Waals surface area contributed by atoms with Gasteiger partial charge in [-0.15, -0.1) is 0 Å². The smallest absolute Gasteiger partial charge is 0.243 e. The standard InChI is InChI=1S/C22H27ClN2O3S/c1-22(2,16-17-6-4-3-5-7-17)24-21(26)18-12-14-25(15-13-18)29(27,28)20-10-8-19(23)9-11-20/h3-11,18H,12-16H2,1-2H3,(H,24,26). The minimum absolute atomic E-state index is 0.00512. The van der Waals surface area contributed by atoms with Gasteiger partial charge < -0.3 is 5.32 Å². The van der Waals surface area contributed by atoms with Gasteiger partial charge in [-0.2, -0.15) is 4.31 Å². The summed E-state index contributed by atoms with van der Waals surface area (Å²) in [6.45, 7) is 4.69. The Morgan fingerprint density at radius 3 is 2.24 bits per heavy atom. The molecule has 5 nitrogen and oxygen atoms in total. The van der Waals surface area contributed by atoms with Crippen LogP contribution in [0.1, 0.15) is 32.3 Å². The molecule has 2 aromatic carbocycles. The Morgan fingerprint density at radius 1 is 1.07 bits per heavy atom. The van der Waals surface area contributed by atoms with Crippen molar-refractivity contribution in [3.05, 3.63) is 65.2 Å². The highest BCUT2D eigenvalue weighted by Gasteiger charge is 2.33. The Morgan fingerprint density at radius 2 is 1.66 bits per heavy atom. The number of hydrogen-bond acceptors (Lipinski definition) is 3. The van der Waals surface area contributed by atoms with E-state index >= 15 is 0 Å². The van der Waals surface area contributed by atoms with Crippen LogP contribution < -0.4 is 5.32 Å². The maximum Gasteiger partial charge on any atom is 0.243 e. The van der Waals surface area contributed by atoms with Crippen LogP contribution in [-0.2, 0) is 21.2 Å². The largest absolute Gasteiger partial charge is 0.351 e. The van der Waals surface area contributed by atoms with Gasteiger partial charge in [0.2, 0.25) is 15.9 Å². The van der Waals surface area contributed by atoms with Crippen LogP contribution in [0.15, 0.2) is 59.5 Å².